The van der Waals surface area contributed by atoms with Crippen molar-refractivity contribution in [3.05, 3.63) is 62.3 Å². The molecule has 0 spiro atoms. The van der Waals surface area contributed by atoms with Crippen molar-refractivity contribution in [3.63, 3.8) is 0 Å². The Morgan fingerprint density at radius 2 is 1.94 bits per heavy atom. The summed E-state index contributed by atoms with van der Waals surface area (Å²) in [4.78, 5) is 10.1. The molecule has 1 heterocycles. The Morgan fingerprint density at radius 1 is 1.17 bits per heavy atom. The van der Waals surface area contributed by atoms with Crippen molar-refractivity contribution in [1.29, 1.82) is 0 Å². The first-order chi connectivity index (χ1) is 8.75. The average molecular weight is 262 g/mol. The first-order valence-electron chi connectivity index (χ1n) is 5.71. The monoisotopic (exact) mass is 262 g/mol. The number of hydrogen-bond acceptors (Lipinski definition) is 4. The van der Waals surface area contributed by atoms with Crippen LogP contribution in [0.2, 0.25) is 0 Å². The van der Waals surface area contributed by atoms with E-state index in [-0.39, 0.29) is 10.6 Å². The zero-order chi connectivity index (χ0) is 12.8. The van der Waals surface area contributed by atoms with E-state index in [4.69, 9.17) is 0 Å². The molecule has 5 heteroatoms. The summed E-state index contributed by atoms with van der Waals surface area (Å²) < 4.78 is 0. The van der Waals surface area contributed by atoms with Crippen molar-refractivity contribution in [2.75, 3.05) is 6.54 Å². The van der Waals surface area contributed by atoms with Gasteiger partial charge in [0.25, 0.3) is 5.69 Å². The molecule has 0 aliphatic heterocycles. The summed E-state index contributed by atoms with van der Waals surface area (Å²) in [5.41, 5.74) is 2.55. The molecule has 0 radical (unpaired) electrons. The predicted octanol–water partition coefficient (Wildman–Crippen LogP) is 2.99. The zero-order valence-electron chi connectivity index (χ0n) is 9.83. The first-order valence-corrected chi connectivity index (χ1v) is 6.65. The molecule has 0 saturated carbocycles. The number of hydrogen-bond donors (Lipinski definition) is 1. The number of rotatable bonds is 6. The Balaban J connectivity index is 1.75. The van der Waals surface area contributed by atoms with Crippen LogP contribution in [0, 0.1) is 10.1 Å². The molecular formula is C13H14N2O2S. The number of nitrogens with one attached hydrogen (secondary N) is 1. The highest BCUT2D eigenvalue weighted by atomic mass is 32.1. The van der Waals surface area contributed by atoms with E-state index >= 15 is 0 Å². The van der Waals surface area contributed by atoms with Gasteiger partial charge in [0.2, 0.25) is 0 Å². The van der Waals surface area contributed by atoms with Crippen LogP contribution in [0.25, 0.3) is 0 Å². The minimum atomic E-state index is -0.376. The van der Waals surface area contributed by atoms with Gasteiger partial charge >= 0.3 is 0 Å². The Hall–Kier alpha value is -1.72. The summed E-state index contributed by atoms with van der Waals surface area (Å²) in [6.45, 7) is 1.74. The van der Waals surface area contributed by atoms with E-state index in [1.807, 2.05) is 12.1 Å². The summed E-state index contributed by atoms with van der Waals surface area (Å²) in [5, 5.41) is 18.0. The molecule has 0 amide bonds. The van der Waals surface area contributed by atoms with Gasteiger partial charge < -0.3 is 5.32 Å². The van der Waals surface area contributed by atoms with Crippen molar-refractivity contribution in [2.45, 2.75) is 13.0 Å². The maximum atomic E-state index is 10.5. The number of nitrogens with zero attached hydrogens (tertiary/aromatic N) is 1. The summed E-state index contributed by atoms with van der Waals surface area (Å²) in [6, 6.07) is 8.82. The minimum absolute atomic E-state index is 0.144. The normalized spacial score (nSPS) is 10.4. The van der Waals surface area contributed by atoms with Crippen LogP contribution in [0.5, 0.6) is 0 Å². The van der Waals surface area contributed by atoms with E-state index in [2.05, 4.69) is 22.1 Å². The smallest absolute Gasteiger partial charge is 0.269 e. The van der Waals surface area contributed by atoms with Crippen LogP contribution in [0.1, 0.15) is 11.1 Å². The molecule has 0 saturated heterocycles. The molecule has 2 aromatic rings. The van der Waals surface area contributed by atoms with Gasteiger partial charge in [-0.25, -0.2) is 0 Å². The van der Waals surface area contributed by atoms with Gasteiger partial charge in [0, 0.05) is 18.7 Å². The summed E-state index contributed by atoms with van der Waals surface area (Å²) in [6.07, 6.45) is 0.877. The number of nitro groups is 1. The molecule has 1 N–H and O–H groups in total. The third-order valence-electron chi connectivity index (χ3n) is 2.65. The van der Waals surface area contributed by atoms with Gasteiger partial charge in [0.05, 0.1) is 4.92 Å². The lowest BCUT2D eigenvalue weighted by Gasteiger charge is -2.03. The summed E-state index contributed by atoms with van der Waals surface area (Å²) >= 11 is 1.69. The molecule has 18 heavy (non-hydrogen) atoms. The van der Waals surface area contributed by atoms with Crippen molar-refractivity contribution in [2.24, 2.45) is 0 Å². The molecule has 0 aliphatic carbocycles. The fourth-order valence-corrected chi connectivity index (χ4v) is 2.31. The number of non-ortho nitro benzene ring substituents is 1. The maximum absolute atomic E-state index is 10.5. The zero-order valence-corrected chi connectivity index (χ0v) is 10.7. The van der Waals surface area contributed by atoms with Crippen LogP contribution >= 0.6 is 11.3 Å². The number of benzene rings is 1. The first kappa shape index (κ1) is 12.7. The third kappa shape index (κ3) is 3.65. The second-order valence-electron chi connectivity index (χ2n) is 3.98. The molecule has 1 aromatic carbocycles. The molecule has 1 aromatic heterocycles. The van der Waals surface area contributed by atoms with E-state index in [1.54, 1.807) is 23.5 Å². The van der Waals surface area contributed by atoms with E-state index in [0.29, 0.717) is 0 Å². The maximum Gasteiger partial charge on any atom is 0.269 e. The fraction of sp³-hybridized carbons (Fsp3) is 0.231. The number of nitro benzene ring substituents is 1. The van der Waals surface area contributed by atoms with Crippen LogP contribution in [0.4, 0.5) is 5.69 Å². The Morgan fingerprint density at radius 3 is 2.56 bits per heavy atom. The van der Waals surface area contributed by atoms with Gasteiger partial charge in [-0.15, -0.1) is 0 Å². The quantitative estimate of drug-likeness (QED) is 0.494. The van der Waals surface area contributed by atoms with E-state index in [9.17, 15) is 10.1 Å². The Labute approximate surface area is 109 Å². The minimum Gasteiger partial charge on any atom is -0.312 e. The van der Waals surface area contributed by atoms with Gasteiger partial charge in [0.15, 0.2) is 0 Å². The van der Waals surface area contributed by atoms with Gasteiger partial charge in [0.1, 0.15) is 0 Å². The van der Waals surface area contributed by atoms with Gasteiger partial charge in [-0.1, -0.05) is 12.1 Å². The largest absolute Gasteiger partial charge is 0.312 e. The highest BCUT2D eigenvalue weighted by Gasteiger charge is 2.03. The highest BCUT2D eigenvalue weighted by Crippen LogP contribution is 2.12. The van der Waals surface area contributed by atoms with Crippen LogP contribution in [0.15, 0.2) is 41.1 Å². The standard InChI is InChI=1S/C13H14N2O2S/c16-15(17)13-3-1-11(2-4-13)5-7-14-9-12-6-8-18-10-12/h1-4,6,8,10,14H,5,7,9H2. The molecule has 0 atom stereocenters. The van der Waals surface area contributed by atoms with E-state index < -0.39 is 0 Å². The van der Waals surface area contributed by atoms with E-state index in [1.165, 1.54) is 5.56 Å². The topological polar surface area (TPSA) is 55.2 Å². The average Bonchev–Trinajstić information content (AvgIpc) is 2.88. The number of thiophene rings is 1. The Kier molecular flexibility index (Phi) is 4.44. The predicted molar refractivity (Wildman–Crippen MR) is 72.8 cm³/mol. The van der Waals surface area contributed by atoms with Crippen LogP contribution in [0.3, 0.4) is 0 Å². The van der Waals surface area contributed by atoms with Crippen molar-refractivity contribution >= 4 is 17.0 Å². The van der Waals surface area contributed by atoms with E-state index in [0.717, 1.165) is 25.1 Å². The molecule has 2 rings (SSSR count). The summed E-state index contributed by atoms with van der Waals surface area (Å²) in [5.74, 6) is 0. The molecule has 0 aliphatic rings. The van der Waals surface area contributed by atoms with Crippen molar-refractivity contribution in [3.8, 4) is 0 Å². The second-order valence-corrected chi connectivity index (χ2v) is 4.76. The van der Waals surface area contributed by atoms with Crippen LogP contribution in [-0.4, -0.2) is 11.5 Å². The van der Waals surface area contributed by atoms with Gasteiger partial charge in [-0.3, -0.25) is 10.1 Å². The second kappa shape index (κ2) is 6.28. The molecular weight excluding hydrogens is 248 g/mol. The molecule has 4 nitrogen and oxygen atoms in total. The summed E-state index contributed by atoms with van der Waals surface area (Å²) in [7, 11) is 0. The van der Waals surface area contributed by atoms with Crippen LogP contribution < -0.4 is 5.32 Å². The SMILES string of the molecule is O=[N+]([O-])c1ccc(CCNCc2ccsc2)cc1. The highest BCUT2D eigenvalue weighted by molar-refractivity contribution is 7.07. The van der Waals surface area contributed by atoms with Gasteiger partial charge in [-0.05, 0) is 40.9 Å². The van der Waals surface area contributed by atoms with Gasteiger partial charge in [-0.2, -0.15) is 11.3 Å². The molecule has 0 bridgehead atoms. The third-order valence-corrected chi connectivity index (χ3v) is 3.38. The lowest BCUT2D eigenvalue weighted by atomic mass is 10.1. The lowest BCUT2D eigenvalue weighted by molar-refractivity contribution is -0.384. The van der Waals surface area contributed by atoms with Crippen molar-refractivity contribution in [1.82, 2.24) is 5.32 Å². The molecule has 94 valence electrons. The molecule has 0 unspecified atom stereocenters. The Bertz CT molecular complexity index is 494. The lowest BCUT2D eigenvalue weighted by Crippen LogP contribution is -2.16. The fourth-order valence-electron chi connectivity index (χ4n) is 1.64. The molecule has 0 fully saturated rings. The van der Waals surface area contributed by atoms with Crippen molar-refractivity contribution < 1.29 is 4.92 Å². The van der Waals surface area contributed by atoms with Crippen LogP contribution in [-0.2, 0) is 13.0 Å².